The molecule has 1 nitrogen and oxygen atoms in total. The summed E-state index contributed by atoms with van der Waals surface area (Å²) in [7, 11) is 1.35. The average Bonchev–Trinajstić information content (AvgIpc) is 2.45. The van der Waals surface area contributed by atoms with Crippen molar-refractivity contribution >= 4 is 58.0 Å². The summed E-state index contributed by atoms with van der Waals surface area (Å²) in [5.74, 6) is -0.565. The quantitative estimate of drug-likeness (QED) is 0.416. The van der Waals surface area contributed by atoms with E-state index in [2.05, 4.69) is 0 Å². The first-order valence-corrected chi connectivity index (χ1v) is 7.13. The van der Waals surface area contributed by atoms with Gasteiger partial charge < -0.3 is 4.74 Å². The number of rotatable bonds is 2. The molecule has 0 bridgehead atoms. The molecular weight excluding hydrogens is 368 g/mol. The molecule has 0 saturated carbocycles. The van der Waals surface area contributed by atoms with Crippen LogP contribution in [0.5, 0.6) is 5.75 Å². The fourth-order valence-corrected chi connectivity index (χ4v) is 3.04. The highest BCUT2D eigenvalue weighted by Crippen LogP contribution is 2.49. The van der Waals surface area contributed by atoms with Crippen molar-refractivity contribution in [2.75, 3.05) is 7.11 Å². The largest absolute Gasteiger partial charge is 0.494 e. The second-order valence-electron chi connectivity index (χ2n) is 3.77. The predicted octanol–water partition coefficient (Wildman–Crippen LogP) is 6.77. The maximum Gasteiger partial charge on any atom is 0.172 e. The normalized spacial score (nSPS) is 10.8. The first-order valence-electron chi connectivity index (χ1n) is 5.24. The Morgan fingerprint density at radius 3 is 1.85 bits per heavy atom. The molecule has 106 valence electrons. The highest BCUT2D eigenvalue weighted by molar-refractivity contribution is 6.56. The molecule has 0 saturated heterocycles. The Labute approximate surface area is 140 Å². The van der Waals surface area contributed by atoms with E-state index in [1.807, 2.05) is 0 Å². The molecule has 0 aliphatic carbocycles. The Morgan fingerprint density at radius 2 is 1.35 bits per heavy atom. The molecule has 2 rings (SSSR count). The Kier molecular flexibility index (Phi) is 4.93. The van der Waals surface area contributed by atoms with Crippen LogP contribution in [0, 0.1) is 5.82 Å². The summed E-state index contributed by atoms with van der Waals surface area (Å²) in [5.41, 5.74) is 0.295. The first-order chi connectivity index (χ1) is 9.40. The molecule has 0 atom stereocenters. The molecule has 0 aliphatic rings. The number of ether oxygens (including phenoxy) is 1. The van der Waals surface area contributed by atoms with Crippen LogP contribution in [-0.4, -0.2) is 7.11 Å². The van der Waals surface area contributed by atoms with E-state index in [1.165, 1.54) is 19.2 Å². The topological polar surface area (TPSA) is 9.23 Å². The number of halogens is 6. The Morgan fingerprint density at radius 1 is 0.850 bits per heavy atom. The molecule has 7 heteroatoms. The average molecular weight is 374 g/mol. The van der Waals surface area contributed by atoms with E-state index in [9.17, 15) is 4.39 Å². The van der Waals surface area contributed by atoms with Crippen LogP contribution in [0.2, 0.25) is 25.1 Å². The molecule has 0 aliphatic heterocycles. The van der Waals surface area contributed by atoms with Gasteiger partial charge >= 0.3 is 0 Å². The van der Waals surface area contributed by atoms with E-state index in [1.54, 1.807) is 6.07 Å². The lowest BCUT2D eigenvalue weighted by atomic mass is 10.0. The maximum atomic E-state index is 14.3. The monoisotopic (exact) mass is 372 g/mol. The predicted molar refractivity (Wildman–Crippen MR) is 83.4 cm³/mol. The lowest BCUT2D eigenvalue weighted by Gasteiger charge is -2.14. The van der Waals surface area contributed by atoms with Gasteiger partial charge in [0.05, 0.1) is 32.2 Å². The molecule has 2 aromatic carbocycles. The van der Waals surface area contributed by atoms with E-state index >= 15 is 0 Å². The van der Waals surface area contributed by atoms with Gasteiger partial charge in [0.1, 0.15) is 0 Å². The van der Waals surface area contributed by atoms with Crippen LogP contribution in [0.25, 0.3) is 11.1 Å². The minimum Gasteiger partial charge on any atom is -0.494 e. The molecule has 20 heavy (non-hydrogen) atoms. The lowest BCUT2D eigenvalue weighted by Crippen LogP contribution is -1.93. The van der Waals surface area contributed by atoms with Gasteiger partial charge in [-0.3, -0.25) is 0 Å². The highest BCUT2D eigenvalue weighted by Gasteiger charge is 2.23. The third kappa shape index (κ3) is 2.56. The Hall–Kier alpha value is -0.380. The third-order valence-corrected chi connectivity index (χ3v) is 4.94. The number of hydrogen-bond acceptors (Lipinski definition) is 1. The zero-order valence-corrected chi connectivity index (χ0v) is 13.7. The van der Waals surface area contributed by atoms with Crippen molar-refractivity contribution in [1.82, 2.24) is 0 Å². The summed E-state index contributed by atoms with van der Waals surface area (Å²) in [5, 5.41) is 0.103. The van der Waals surface area contributed by atoms with E-state index in [0.717, 1.165) is 0 Å². The van der Waals surface area contributed by atoms with Crippen LogP contribution in [0.4, 0.5) is 4.39 Å². The van der Waals surface area contributed by atoms with Crippen LogP contribution >= 0.6 is 58.0 Å². The Balaban J connectivity index is 2.84. The third-order valence-electron chi connectivity index (χ3n) is 2.66. The minimum absolute atomic E-state index is 0.0138. The van der Waals surface area contributed by atoms with Gasteiger partial charge in [-0.2, -0.15) is 0 Å². The van der Waals surface area contributed by atoms with Gasteiger partial charge in [-0.15, -0.1) is 0 Å². The van der Waals surface area contributed by atoms with Gasteiger partial charge in [-0.1, -0.05) is 70.1 Å². The van der Waals surface area contributed by atoms with Gasteiger partial charge in [0, 0.05) is 11.1 Å². The summed E-state index contributed by atoms with van der Waals surface area (Å²) in [4.78, 5) is 0. The molecule has 0 amide bonds. The van der Waals surface area contributed by atoms with Gasteiger partial charge in [-0.05, 0) is 6.07 Å². The first kappa shape index (κ1) is 16.0. The van der Waals surface area contributed by atoms with Crippen molar-refractivity contribution in [3.05, 3.63) is 49.1 Å². The van der Waals surface area contributed by atoms with Gasteiger partial charge in [0.25, 0.3) is 0 Å². The standard InChI is InChI=1S/C13H6Cl5FO/c1-20-6-4-2-3-5(13(6)19)7-8(14)10(16)12(18)11(17)9(7)15/h2-4H,1H3. The number of methoxy groups -OCH3 is 1. The summed E-state index contributed by atoms with van der Waals surface area (Å²) in [6.07, 6.45) is 0. The number of benzene rings is 2. The molecule has 0 N–H and O–H groups in total. The molecule has 0 fully saturated rings. The second kappa shape index (κ2) is 6.17. The summed E-state index contributed by atoms with van der Waals surface area (Å²) < 4.78 is 19.2. The van der Waals surface area contributed by atoms with Crippen molar-refractivity contribution in [3.8, 4) is 16.9 Å². The van der Waals surface area contributed by atoms with Crippen molar-refractivity contribution in [2.24, 2.45) is 0 Å². The lowest BCUT2D eigenvalue weighted by molar-refractivity contribution is 0.387. The van der Waals surface area contributed by atoms with Crippen LogP contribution in [-0.2, 0) is 0 Å². The fourth-order valence-electron chi connectivity index (χ4n) is 1.70. The Bertz CT molecular complexity index is 658. The SMILES string of the molecule is COc1cccc(-c2c(Cl)c(Cl)c(Cl)c(Cl)c2Cl)c1F. The van der Waals surface area contributed by atoms with Gasteiger partial charge in [0.15, 0.2) is 11.6 Å². The molecular formula is C13H6Cl5FO. The number of hydrogen-bond donors (Lipinski definition) is 0. The van der Waals surface area contributed by atoms with Gasteiger partial charge in [-0.25, -0.2) is 4.39 Å². The second-order valence-corrected chi connectivity index (χ2v) is 5.66. The zero-order valence-electron chi connectivity index (χ0n) is 9.91. The summed E-state index contributed by atoms with van der Waals surface area (Å²) >= 11 is 30.1. The molecule has 0 radical (unpaired) electrons. The molecule has 0 heterocycles. The van der Waals surface area contributed by atoms with Crippen molar-refractivity contribution in [1.29, 1.82) is 0 Å². The van der Waals surface area contributed by atoms with Gasteiger partial charge in [0.2, 0.25) is 0 Å². The van der Waals surface area contributed by atoms with E-state index < -0.39 is 5.82 Å². The highest BCUT2D eigenvalue weighted by atomic mass is 35.5. The fraction of sp³-hybridized carbons (Fsp3) is 0.0769. The van der Waals surface area contributed by atoms with Crippen LogP contribution in [0.1, 0.15) is 0 Å². The van der Waals surface area contributed by atoms with Crippen LogP contribution < -0.4 is 4.74 Å². The molecule has 0 unspecified atom stereocenters. The van der Waals surface area contributed by atoms with Crippen molar-refractivity contribution in [3.63, 3.8) is 0 Å². The maximum absolute atomic E-state index is 14.3. The molecule has 0 spiro atoms. The van der Waals surface area contributed by atoms with Crippen molar-refractivity contribution < 1.29 is 9.13 Å². The molecule has 0 aromatic heterocycles. The van der Waals surface area contributed by atoms with Crippen LogP contribution in [0.3, 0.4) is 0 Å². The van der Waals surface area contributed by atoms with E-state index in [-0.39, 0.29) is 42.0 Å². The van der Waals surface area contributed by atoms with E-state index in [0.29, 0.717) is 0 Å². The summed E-state index contributed by atoms with van der Waals surface area (Å²) in [6, 6.07) is 4.56. The zero-order chi connectivity index (χ0) is 15.0. The molecule has 2 aromatic rings. The van der Waals surface area contributed by atoms with Crippen molar-refractivity contribution in [2.45, 2.75) is 0 Å². The smallest absolute Gasteiger partial charge is 0.172 e. The van der Waals surface area contributed by atoms with E-state index in [4.69, 9.17) is 62.7 Å². The van der Waals surface area contributed by atoms with Crippen LogP contribution in [0.15, 0.2) is 18.2 Å². The summed E-state index contributed by atoms with van der Waals surface area (Å²) in [6.45, 7) is 0. The minimum atomic E-state index is -0.617.